The van der Waals surface area contributed by atoms with Crippen molar-refractivity contribution in [2.24, 2.45) is 0 Å². The molecule has 7 nitrogen and oxygen atoms in total. The number of carbonyl (C=O) groups is 3. The minimum Gasteiger partial charge on any atom is -0.381 e. The molecule has 31 heavy (non-hydrogen) atoms. The molecule has 2 aromatic rings. The smallest absolute Gasteiger partial charge is 0.261 e. The maximum Gasteiger partial charge on any atom is 0.261 e. The molecular weight excluding hydrogens is 394 g/mol. The summed E-state index contributed by atoms with van der Waals surface area (Å²) >= 11 is 0. The van der Waals surface area contributed by atoms with Crippen LogP contribution in [0, 0.1) is 11.3 Å². The number of rotatable bonds is 6. The van der Waals surface area contributed by atoms with Crippen molar-refractivity contribution in [3.05, 3.63) is 70.8 Å². The highest BCUT2D eigenvalue weighted by atomic mass is 16.5. The third kappa shape index (κ3) is 4.21. The molecular formula is C24H23N3O4. The number of carbonyl (C=O) groups excluding carboxylic acids is 3. The fourth-order valence-corrected chi connectivity index (χ4v) is 4.10. The first-order valence-corrected chi connectivity index (χ1v) is 10.4. The van der Waals surface area contributed by atoms with Crippen LogP contribution in [-0.4, -0.2) is 53.3 Å². The van der Waals surface area contributed by atoms with E-state index < -0.39 is 0 Å². The van der Waals surface area contributed by atoms with Crippen LogP contribution in [0.1, 0.15) is 55.9 Å². The Morgan fingerprint density at radius 2 is 1.65 bits per heavy atom. The molecule has 158 valence electrons. The van der Waals surface area contributed by atoms with E-state index >= 15 is 0 Å². The van der Waals surface area contributed by atoms with Gasteiger partial charge in [-0.05, 0) is 42.7 Å². The number of imide groups is 1. The van der Waals surface area contributed by atoms with Crippen molar-refractivity contribution in [2.75, 3.05) is 19.8 Å². The highest BCUT2D eigenvalue weighted by Crippen LogP contribution is 2.25. The molecule has 0 bridgehead atoms. The Balaban J connectivity index is 1.47. The van der Waals surface area contributed by atoms with Crippen LogP contribution in [0.5, 0.6) is 0 Å². The van der Waals surface area contributed by atoms with Gasteiger partial charge in [-0.3, -0.25) is 19.3 Å². The molecule has 0 aliphatic carbocycles. The molecule has 0 unspecified atom stereocenters. The van der Waals surface area contributed by atoms with Crippen LogP contribution in [0.25, 0.3) is 0 Å². The van der Waals surface area contributed by atoms with Crippen LogP contribution in [0.15, 0.2) is 48.5 Å². The van der Waals surface area contributed by atoms with E-state index in [0.717, 1.165) is 18.4 Å². The molecule has 2 heterocycles. The van der Waals surface area contributed by atoms with Gasteiger partial charge in [0, 0.05) is 31.4 Å². The summed E-state index contributed by atoms with van der Waals surface area (Å²) in [5.74, 6) is -0.722. The Labute approximate surface area is 180 Å². The van der Waals surface area contributed by atoms with Gasteiger partial charge >= 0.3 is 0 Å². The molecule has 2 aromatic carbocycles. The Morgan fingerprint density at radius 3 is 2.23 bits per heavy atom. The van der Waals surface area contributed by atoms with E-state index in [2.05, 4.69) is 6.07 Å². The van der Waals surface area contributed by atoms with E-state index in [-0.39, 0.29) is 36.7 Å². The minimum absolute atomic E-state index is 0.0626. The standard InChI is InChI=1S/C24H23N3O4/c25-12-3-13-26(19-10-14-31-15-11-19)22(28)18-8-6-17(7-9-18)16-27-23(29)20-4-1-2-5-21(20)24(27)30/h1-2,4-9,19H,3,10-11,13-16H2. The van der Waals surface area contributed by atoms with Gasteiger partial charge in [0.15, 0.2) is 0 Å². The number of hydrogen-bond acceptors (Lipinski definition) is 5. The quantitative estimate of drug-likeness (QED) is 0.674. The number of amides is 3. The van der Waals surface area contributed by atoms with Gasteiger partial charge in [0.2, 0.25) is 0 Å². The minimum atomic E-state index is -0.303. The van der Waals surface area contributed by atoms with Gasteiger partial charge in [-0.25, -0.2) is 0 Å². The van der Waals surface area contributed by atoms with Crippen molar-refractivity contribution in [2.45, 2.75) is 31.8 Å². The van der Waals surface area contributed by atoms with Crippen LogP contribution in [0.2, 0.25) is 0 Å². The summed E-state index contributed by atoms with van der Waals surface area (Å²) in [6.45, 7) is 1.76. The molecule has 0 N–H and O–H groups in total. The molecule has 0 saturated carbocycles. The third-order valence-corrected chi connectivity index (χ3v) is 5.78. The lowest BCUT2D eigenvalue weighted by molar-refractivity contribution is 0.0296. The SMILES string of the molecule is N#CCCN(C(=O)c1ccc(CN2C(=O)c3ccccc3C2=O)cc1)C1CCOCC1. The molecule has 0 spiro atoms. The van der Waals surface area contributed by atoms with Crippen molar-refractivity contribution in [1.82, 2.24) is 9.80 Å². The normalized spacial score (nSPS) is 16.2. The predicted molar refractivity (Wildman–Crippen MR) is 112 cm³/mol. The van der Waals surface area contributed by atoms with Crippen LogP contribution in [0.3, 0.4) is 0 Å². The molecule has 2 aliphatic heterocycles. The van der Waals surface area contributed by atoms with Gasteiger partial charge in [-0.2, -0.15) is 5.26 Å². The summed E-state index contributed by atoms with van der Waals surface area (Å²) in [6, 6.07) is 15.9. The van der Waals surface area contributed by atoms with Crippen LogP contribution in [0.4, 0.5) is 0 Å². The lowest BCUT2D eigenvalue weighted by atomic mass is 10.0. The first-order valence-electron chi connectivity index (χ1n) is 10.4. The highest BCUT2D eigenvalue weighted by Gasteiger charge is 2.35. The second-order valence-corrected chi connectivity index (χ2v) is 7.69. The largest absolute Gasteiger partial charge is 0.381 e. The number of fused-ring (bicyclic) bond motifs is 1. The average molecular weight is 417 g/mol. The van der Waals surface area contributed by atoms with Gasteiger partial charge in [0.1, 0.15) is 0 Å². The van der Waals surface area contributed by atoms with Crippen molar-refractivity contribution in [3.8, 4) is 6.07 Å². The zero-order valence-electron chi connectivity index (χ0n) is 17.1. The Hall–Kier alpha value is -3.50. The molecule has 1 saturated heterocycles. The maximum absolute atomic E-state index is 13.1. The Kier molecular flexibility index (Phi) is 6.10. The zero-order chi connectivity index (χ0) is 21.8. The molecule has 0 atom stereocenters. The second-order valence-electron chi connectivity index (χ2n) is 7.69. The van der Waals surface area contributed by atoms with E-state index in [4.69, 9.17) is 10.00 Å². The van der Waals surface area contributed by atoms with Gasteiger partial charge in [0.05, 0.1) is 30.2 Å². The van der Waals surface area contributed by atoms with Crippen molar-refractivity contribution >= 4 is 17.7 Å². The fourth-order valence-electron chi connectivity index (χ4n) is 4.10. The van der Waals surface area contributed by atoms with Gasteiger partial charge in [-0.15, -0.1) is 0 Å². The lowest BCUT2D eigenvalue weighted by Gasteiger charge is -2.34. The van der Waals surface area contributed by atoms with E-state index in [1.807, 2.05) is 0 Å². The van der Waals surface area contributed by atoms with Crippen LogP contribution >= 0.6 is 0 Å². The van der Waals surface area contributed by atoms with Crippen LogP contribution < -0.4 is 0 Å². The third-order valence-electron chi connectivity index (χ3n) is 5.78. The summed E-state index contributed by atoms with van der Waals surface area (Å²) in [4.78, 5) is 41.2. The Morgan fingerprint density at radius 1 is 1.03 bits per heavy atom. The summed E-state index contributed by atoms with van der Waals surface area (Å²) in [5, 5.41) is 8.97. The first-order chi connectivity index (χ1) is 15.1. The van der Waals surface area contributed by atoms with Crippen molar-refractivity contribution in [1.29, 1.82) is 5.26 Å². The van der Waals surface area contributed by atoms with E-state index in [9.17, 15) is 14.4 Å². The molecule has 1 fully saturated rings. The molecule has 4 rings (SSSR count). The summed E-state index contributed by atoms with van der Waals surface area (Å²) < 4.78 is 5.40. The van der Waals surface area contributed by atoms with E-state index in [1.54, 1.807) is 53.4 Å². The summed E-state index contributed by atoms with van der Waals surface area (Å²) in [6.07, 6.45) is 1.80. The monoisotopic (exact) mass is 417 g/mol. The number of ether oxygens (including phenoxy) is 1. The van der Waals surface area contributed by atoms with Gasteiger partial charge in [-0.1, -0.05) is 24.3 Å². The van der Waals surface area contributed by atoms with Gasteiger partial charge in [0.25, 0.3) is 17.7 Å². The molecule has 3 amide bonds. The molecule has 0 radical (unpaired) electrons. The number of benzene rings is 2. The topological polar surface area (TPSA) is 90.7 Å². The molecule has 2 aliphatic rings. The zero-order valence-corrected chi connectivity index (χ0v) is 17.1. The van der Waals surface area contributed by atoms with Crippen molar-refractivity contribution in [3.63, 3.8) is 0 Å². The second kappa shape index (κ2) is 9.11. The first kappa shape index (κ1) is 20.8. The number of nitriles is 1. The Bertz CT molecular complexity index is 1000. The number of nitrogens with zero attached hydrogens (tertiary/aromatic N) is 3. The molecule has 0 aromatic heterocycles. The van der Waals surface area contributed by atoms with E-state index in [1.165, 1.54) is 4.90 Å². The number of hydrogen-bond donors (Lipinski definition) is 0. The highest BCUT2D eigenvalue weighted by molar-refractivity contribution is 6.21. The fraction of sp³-hybridized carbons (Fsp3) is 0.333. The maximum atomic E-state index is 13.1. The summed E-state index contributed by atoms with van der Waals surface area (Å²) in [5.41, 5.74) is 2.13. The average Bonchev–Trinajstić information content (AvgIpc) is 3.05. The van der Waals surface area contributed by atoms with Gasteiger partial charge < -0.3 is 9.64 Å². The van der Waals surface area contributed by atoms with Crippen molar-refractivity contribution < 1.29 is 19.1 Å². The lowest BCUT2D eigenvalue weighted by Crippen LogP contribution is -2.44. The predicted octanol–water partition coefficient (Wildman–Crippen LogP) is 3.02. The molecule has 7 heteroatoms. The van der Waals surface area contributed by atoms with Crippen LogP contribution in [-0.2, 0) is 11.3 Å². The van der Waals surface area contributed by atoms with E-state index in [0.29, 0.717) is 36.4 Å². The summed E-state index contributed by atoms with van der Waals surface area (Å²) in [7, 11) is 0.